The van der Waals surface area contributed by atoms with Crippen LogP contribution in [0.4, 0.5) is 0 Å². The molecule has 0 heterocycles. The maximum atomic E-state index is 12.9. The zero-order valence-corrected chi connectivity index (χ0v) is 50.6. The number of rotatable bonds is 57. The van der Waals surface area contributed by atoms with Gasteiger partial charge in [0, 0.05) is 19.3 Å². The second kappa shape index (κ2) is 65.1. The quantitative estimate of drug-likeness (QED) is 0.0261. The molecule has 0 aromatic carbocycles. The van der Waals surface area contributed by atoms with Gasteiger partial charge in [0.2, 0.25) is 0 Å². The molecule has 0 N–H and O–H groups in total. The Morgan fingerprint density at radius 3 is 0.846 bits per heavy atom. The smallest absolute Gasteiger partial charge is 0.306 e. The fourth-order valence-corrected chi connectivity index (χ4v) is 8.53. The summed E-state index contributed by atoms with van der Waals surface area (Å²) < 4.78 is 16.9. The number of ether oxygens (including phenoxy) is 3. The third-order valence-corrected chi connectivity index (χ3v) is 13.4. The zero-order chi connectivity index (χ0) is 56.4. The highest BCUT2D eigenvalue weighted by Gasteiger charge is 2.19. The van der Waals surface area contributed by atoms with Crippen molar-refractivity contribution in [1.82, 2.24) is 0 Å². The monoisotopic (exact) mass is 1080 g/mol. The molecule has 0 aliphatic heterocycles. The molecule has 0 rings (SSSR count). The summed E-state index contributed by atoms with van der Waals surface area (Å²) in [5, 5.41) is 0. The van der Waals surface area contributed by atoms with Gasteiger partial charge in [-0.1, -0.05) is 264 Å². The van der Waals surface area contributed by atoms with Crippen LogP contribution < -0.4 is 0 Å². The molecule has 0 saturated carbocycles. The predicted octanol–water partition coefficient (Wildman–Crippen LogP) is 22.2. The van der Waals surface area contributed by atoms with Crippen molar-refractivity contribution in [3.63, 3.8) is 0 Å². The number of carbonyl (C=O) groups is 3. The summed E-state index contributed by atoms with van der Waals surface area (Å²) in [6.07, 6.45) is 91.7. The molecule has 0 aromatic heterocycles. The van der Waals surface area contributed by atoms with Crippen molar-refractivity contribution in [2.45, 2.75) is 290 Å². The lowest BCUT2D eigenvalue weighted by Crippen LogP contribution is -2.30. The Bertz CT molecular complexity index is 1670. The Hall–Kier alpha value is -4.45. The number of esters is 3. The summed E-state index contributed by atoms with van der Waals surface area (Å²) >= 11 is 0. The Kier molecular flexibility index (Phi) is 61.4. The fourth-order valence-electron chi connectivity index (χ4n) is 8.53. The fraction of sp³-hybridized carbons (Fsp3) is 0.653. The van der Waals surface area contributed by atoms with Crippen molar-refractivity contribution in [2.75, 3.05) is 13.2 Å². The molecule has 1 unspecified atom stereocenters. The molecule has 0 spiro atoms. The van der Waals surface area contributed by atoms with Gasteiger partial charge < -0.3 is 14.2 Å². The first kappa shape index (κ1) is 73.5. The maximum Gasteiger partial charge on any atom is 0.306 e. The Morgan fingerprint density at radius 1 is 0.269 bits per heavy atom. The van der Waals surface area contributed by atoms with Gasteiger partial charge in [-0.2, -0.15) is 0 Å². The molecular formula is C72H118O6. The standard InChI is InChI=1S/C72H118O6/c1-4-7-10-13-16-19-22-25-28-30-32-34-35-36-37-39-40-42-44-47-50-53-56-59-62-65-71(74)77-68-69(67-76-70(73)64-61-58-55-52-49-46-27-24-21-18-15-12-9-6-3)78-72(75)66-63-60-57-54-51-48-45-43-41-38-33-31-29-26-23-20-17-14-11-8-5-2/h8,11,15,17-18,20,22,24-27,29-30,32-33,35-36,38,43,45,51,54,69H,4-7,9-10,12-14,16,19,21,23,28,31,34,37,39-42,44,46-50,52-53,55-68H2,1-3H3/b11-8-,18-15-,20-17-,25-22-,27-24-,29-26-,32-30-,36-35-,38-33-,45-43-,54-51-. The van der Waals surface area contributed by atoms with Crippen LogP contribution in [0.15, 0.2) is 134 Å². The third kappa shape index (κ3) is 62.4. The Morgan fingerprint density at radius 2 is 0.513 bits per heavy atom. The lowest BCUT2D eigenvalue weighted by atomic mass is 10.1. The summed E-state index contributed by atoms with van der Waals surface area (Å²) in [6.45, 7) is 6.43. The summed E-state index contributed by atoms with van der Waals surface area (Å²) in [5.74, 6) is -0.967. The normalized spacial score (nSPS) is 13.0. The summed E-state index contributed by atoms with van der Waals surface area (Å²) in [7, 11) is 0. The first-order valence-electron chi connectivity index (χ1n) is 32.2. The molecule has 0 aliphatic carbocycles. The largest absolute Gasteiger partial charge is 0.462 e. The van der Waals surface area contributed by atoms with E-state index in [1.165, 1.54) is 109 Å². The van der Waals surface area contributed by atoms with Gasteiger partial charge in [-0.3, -0.25) is 14.4 Å². The minimum absolute atomic E-state index is 0.106. The van der Waals surface area contributed by atoms with Gasteiger partial charge in [0.05, 0.1) is 0 Å². The molecule has 0 aliphatic rings. The third-order valence-electron chi connectivity index (χ3n) is 13.4. The Balaban J connectivity index is 4.45. The minimum Gasteiger partial charge on any atom is -0.462 e. The van der Waals surface area contributed by atoms with Crippen LogP contribution in [0.5, 0.6) is 0 Å². The van der Waals surface area contributed by atoms with Gasteiger partial charge in [0.15, 0.2) is 6.10 Å². The van der Waals surface area contributed by atoms with Crippen LogP contribution in [-0.2, 0) is 28.6 Å². The number of allylic oxidation sites excluding steroid dienone is 22. The second-order valence-electron chi connectivity index (χ2n) is 20.9. The molecule has 0 amide bonds. The molecule has 0 aromatic rings. The molecule has 6 nitrogen and oxygen atoms in total. The van der Waals surface area contributed by atoms with E-state index in [-0.39, 0.29) is 37.5 Å². The molecular weight excluding hydrogens is 961 g/mol. The van der Waals surface area contributed by atoms with Gasteiger partial charge in [-0.15, -0.1) is 0 Å². The maximum absolute atomic E-state index is 12.9. The van der Waals surface area contributed by atoms with E-state index in [9.17, 15) is 14.4 Å². The molecule has 0 fully saturated rings. The van der Waals surface area contributed by atoms with Gasteiger partial charge in [0.1, 0.15) is 13.2 Å². The van der Waals surface area contributed by atoms with Crippen LogP contribution in [0.3, 0.4) is 0 Å². The Labute approximate surface area is 481 Å². The number of hydrogen-bond donors (Lipinski definition) is 0. The first-order valence-corrected chi connectivity index (χ1v) is 32.2. The van der Waals surface area contributed by atoms with E-state index in [1.807, 2.05) is 0 Å². The lowest BCUT2D eigenvalue weighted by molar-refractivity contribution is -0.167. The van der Waals surface area contributed by atoms with E-state index in [0.717, 1.165) is 128 Å². The van der Waals surface area contributed by atoms with Gasteiger partial charge in [-0.05, 0) is 135 Å². The average Bonchev–Trinajstić information content (AvgIpc) is 3.44. The van der Waals surface area contributed by atoms with Crippen molar-refractivity contribution in [3.05, 3.63) is 134 Å². The van der Waals surface area contributed by atoms with E-state index >= 15 is 0 Å². The zero-order valence-electron chi connectivity index (χ0n) is 50.6. The second-order valence-corrected chi connectivity index (χ2v) is 20.9. The van der Waals surface area contributed by atoms with Crippen molar-refractivity contribution in [3.8, 4) is 0 Å². The molecule has 0 bridgehead atoms. The van der Waals surface area contributed by atoms with Gasteiger partial charge in [0.25, 0.3) is 0 Å². The van der Waals surface area contributed by atoms with Crippen LogP contribution in [0.25, 0.3) is 0 Å². The predicted molar refractivity (Wildman–Crippen MR) is 339 cm³/mol. The minimum atomic E-state index is -0.815. The lowest BCUT2D eigenvalue weighted by Gasteiger charge is -2.18. The molecule has 1 atom stereocenters. The van der Waals surface area contributed by atoms with Crippen LogP contribution in [0.2, 0.25) is 0 Å². The molecule has 0 radical (unpaired) electrons. The van der Waals surface area contributed by atoms with Crippen LogP contribution in [0, 0.1) is 0 Å². The van der Waals surface area contributed by atoms with Crippen LogP contribution >= 0.6 is 0 Å². The SMILES string of the molecule is CC/C=C\C/C=C\C/C=C\C/C=C\C/C=C\C/C=C\CCCCC(=O)OC(COC(=O)CCCCCCC/C=C\C/C=C\CCCC)COC(=O)CCCCCCCCCCCC/C=C\C/C=C\C/C=C\CCCCCCC. The van der Waals surface area contributed by atoms with E-state index in [1.54, 1.807) is 0 Å². The summed E-state index contributed by atoms with van der Waals surface area (Å²) in [6, 6.07) is 0. The van der Waals surface area contributed by atoms with E-state index in [2.05, 4.69) is 154 Å². The topological polar surface area (TPSA) is 78.9 Å². The van der Waals surface area contributed by atoms with E-state index < -0.39 is 6.10 Å². The number of hydrogen-bond acceptors (Lipinski definition) is 6. The summed E-state index contributed by atoms with van der Waals surface area (Å²) in [4.78, 5) is 38.3. The molecule has 6 heteroatoms. The van der Waals surface area contributed by atoms with Crippen molar-refractivity contribution >= 4 is 17.9 Å². The molecule has 442 valence electrons. The van der Waals surface area contributed by atoms with Crippen molar-refractivity contribution in [1.29, 1.82) is 0 Å². The number of unbranched alkanes of at least 4 members (excludes halogenated alkanes) is 24. The highest BCUT2D eigenvalue weighted by atomic mass is 16.6. The highest BCUT2D eigenvalue weighted by Crippen LogP contribution is 2.15. The number of carbonyl (C=O) groups excluding carboxylic acids is 3. The average molecular weight is 1080 g/mol. The van der Waals surface area contributed by atoms with Gasteiger partial charge in [-0.25, -0.2) is 0 Å². The molecule has 0 saturated heterocycles. The van der Waals surface area contributed by atoms with Crippen molar-refractivity contribution < 1.29 is 28.6 Å². The van der Waals surface area contributed by atoms with Gasteiger partial charge >= 0.3 is 17.9 Å². The molecule has 78 heavy (non-hydrogen) atoms. The van der Waals surface area contributed by atoms with E-state index in [4.69, 9.17) is 14.2 Å². The highest BCUT2D eigenvalue weighted by molar-refractivity contribution is 5.71. The van der Waals surface area contributed by atoms with E-state index in [0.29, 0.717) is 19.3 Å². The van der Waals surface area contributed by atoms with Crippen LogP contribution in [0.1, 0.15) is 284 Å². The van der Waals surface area contributed by atoms with Crippen molar-refractivity contribution in [2.24, 2.45) is 0 Å². The van der Waals surface area contributed by atoms with Crippen LogP contribution in [-0.4, -0.2) is 37.2 Å². The summed E-state index contributed by atoms with van der Waals surface area (Å²) in [5.41, 5.74) is 0. The first-order chi connectivity index (χ1) is 38.5.